The molecule has 7 heteroatoms. The maximum Gasteiger partial charge on any atom is 0.191 e. The van der Waals surface area contributed by atoms with Crippen LogP contribution in [0, 0.1) is 13.8 Å². The van der Waals surface area contributed by atoms with Gasteiger partial charge in [-0.2, -0.15) is 0 Å². The molecule has 2 aromatic rings. The van der Waals surface area contributed by atoms with E-state index in [4.69, 9.17) is 9.73 Å². The number of likely N-dealkylation sites (N-methyl/N-ethyl adjacent to an activating group) is 1. The molecule has 0 bridgehead atoms. The predicted molar refractivity (Wildman–Crippen MR) is 114 cm³/mol. The molecule has 0 saturated carbocycles. The summed E-state index contributed by atoms with van der Waals surface area (Å²) < 4.78 is 5.81. The van der Waals surface area contributed by atoms with Crippen molar-refractivity contribution in [2.45, 2.75) is 33.9 Å². The second kappa shape index (κ2) is 10.9. The number of hydrogen-bond donors (Lipinski definition) is 2. The minimum Gasteiger partial charge on any atom is -0.492 e. The number of hydrogen-bond acceptors (Lipinski definition) is 5. The van der Waals surface area contributed by atoms with Crippen LogP contribution in [-0.2, 0) is 13.1 Å². The van der Waals surface area contributed by atoms with Crippen LogP contribution in [0.15, 0.2) is 29.3 Å². The monoisotopic (exact) mass is 389 g/mol. The maximum absolute atomic E-state index is 5.81. The zero-order valence-electron chi connectivity index (χ0n) is 17.0. The van der Waals surface area contributed by atoms with Crippen LogP contribution in [0.2, 0.25) is 0 Å². The number of thiazole rings is 1. The summed E-state index contributed by atoms with van der Waals surface area (Å²) in [4.78, 5) is 12.5. The Morgan fingerprint density at radius 1 is 1.26 bits per heavy atom. The predicted octanol–water partition coefficient (Wildman–Crippen LogP) is 2.96. The molecule has 1 heterocycles. The normalized spacial score (nSPS) is 11.7. The zero-order chi connectivity index (χ0) is 19.6. The van der Waals surface area contributed by atoms with Gasteiger partial charge in [-0.25, -0.2) is 9.98 Å². The maximum atomic E-state index is 5.81. The summed E-state index contributed by atoms with van der Waals surface area (Å²) in [6, 6.07) is 8.13. The minimum atomic E-state index is 0.598. The Kier molecular flexibility index (Phi) is 8.54. The molecule has 0 aliphatic carbocycles. The van der Waals surface area contributed by atoms with Gasteiger partial charge in [0.15, 0.2) is 5.96 Å². The van der Waals surface area contributed by atoms with Crippen LogP contribution in [0.3, 0.4) is 0 Å². The molecule has 0 radical (unpaired) electrons. The molecule has 6 nitrogen and oxygen atoms in total. The lowest BCUT2D eigenvalue weighted by Crippen LogP contribution is -2.36. The summed E-state index contributed by atoms with van der Waals surface area (Å²) in [7, 11) is 4.08. The molecule has 0 amide bonds. The van der Waals surface area contributed by atoms with Crippen LogP contribution in [0.1, 0.15) is 28.1 Å². The van der Waals surface area contributed by atoms with E-state index in [1.165, 1.54) is 4.88 Å². The molecule has 0 fully saturated rings. The first-order chi connectivity index (χ1) is 13.0. The van der Waals surface area contributed by atoms with E-state index in [0.717, 1.165) is 47.6 Å². The Labute approximate surface area is 166 Å². The van der Waals surface area contributed by atoms with E-state index in [9.17, 15) is 0 Å². The van der Waals surface area contributed by atoms with Crippen LogP contribution in [0.25, 0.3) is 0 Å². The van der Waals surface area contributed by atoms with E-state index in [2.05, 4.69) is 39.6 Å². The van der Waals surface area contributed by atoms with E-state index in [1.54, 1.807) is 11.3 Å². The fourth-order valence-electron chi connectivity index (χ4n) is 2.49. The van der Waals surface area contributed by atoms with Crippen LogP contribution in [0.5, 0.6) is 5.75 Å². The smallest absolute Gasteiger partial charge is 0.191 e. The fourth-order valence-corrected chi connectivity index (χ4v) is 3.37. The third-order valence-electron chi connectivity index (χ3n) is 3.89. The van der Waals surface area contributed by atoms with Gasteiger partial charge in [-0.05, 0) is 52.6 Å². The number of guanidine groups is 1. The van der Waals surface area contributed by atoms with Gasteiger partial charge < -0.3 is 20.3 Å². The van der Waals surface area contributed by atoms with E-state index in [-0.39, 0.29) is 0 Å². The van der Waals surface area contributed by atoms with Gasteiger partial charge in [0.05, 0.1) is 23.8 Å². The van der Waals surface area contributed by atoms with Gasteiger partial charge in [-0.15, -0.1) is 11.3 Å². The number of aromatic nitrogens is 1. The van der Waals surface area contributed by atoms with Gasteiger partial charge in [-0.3, -0.25) is 0 Å². The molecule has 0 aliphatic rings. The fraction of sp³-hybridized carbons (Fsp3) is 0.500. The highest BCUT2D eigenvalue weighted by atomic mass is 32.1. The van der Waals surface area contributed by atoms with Gasteiger partial charge in [0.2, 0.25) is 0 Å². The van der Waals surface area contributed by atoms with E-state index in [1.807, 2.05) is 40.1 Å². The molecule has 0 spiro atoms. The second-order valence-electron chi connectivity index (χ2n) is 6.59. The number of ether oxygens (including phenoxy) is 1. The molecule has 2 rings (SSSR count). The number of rotatable bonds is 9. The topological polar surface area (TPSA) is 61.8 Å². The minimum absolute atomic E-state index is 0.598. The van der Waals surface area contributed by atoms with E-state index in [0.29, 0.717) is 13.2 Å². The Hall–Kier alpha value is -2.12. The van der Waals surface area contributed by atoms with Crippen LogP contribution in [0.4, 0.5) is 0 Å². The Morgan fingerprint density at radius 2 is 2.07 bits per heavy atom. The van der Waals surface area contributed by atoms with Crippen molar-refractivity contribution >= 4 is 17.3 Å². The molecule has 0 unspecified atom stereocenters. The first-order valence-corrected chi connectivity index (χ1v) is 10.1. The van der Waals surface area contributed by atoms with Crippen LogP contribution < -0.4 is 15.4 Å². The van der Waals surface area contributed by atoms with Gasteiger partial charge >= 0.3 is 0 Å². The average Bonchev–Trinajstić information content (AvgIpc) is 2.95. The number of aliphatic imine (C=N–C) groups is 1. The third-order valence-corrected chi connectivity index (χ3v) is 4.96. The van der Waals surface area contributed by atoms with Gasteiger partial charge in [-0.1, -0.05) is 12.1 Å². The molecule has 0 aliphatic heterocycles. The highest BCUT2D eigenvalue weighted by Crippen LogP contribution is 2.17. The van der Waals surface area contributed by atoms with Crippen molar-refractivity contribution < 1.29 is 4.74 Å². The number of aryl methyl sites for hydroxylation is 2. The Morgan fingerprint density at radius 3 is 2.74 bits per heavy atom. The van der Waals surface area contributed by atoms with E-state index < -0.39 is 0 Å². The lowest BCUT2D eigenvalue weighted by Gasteiger charge is -2.12. The standard InChI is InChI=1S/C20H31N5OS/c1-6-21-20(23-14-19-15(2)24-16(3)27-19)22-13-17-8-7-9-18(12-17)26-11-10-25(4)5/h7-9,12H,6,10-11,13-14H2,1-5H3,(H2,21,22,23). The van der Waals surface area contributed by atoms with Crippen LogP contribution in [-0.4, -0.2) is 49.6 Å². The Balaban J connectivity index is 1.94. The van der Waals surface area contributed by atoms with Gasteiger partial charge in [0.25, 0.3) is 0 Å². The largest absolute Gasteiger partial charge is 0.492 e. The second-order valence-corrected chi connectivity index (χ2v) is 7.88. The summed E-state index contributed by atoms with van der Waals surface area (Å²) in [6.07, 6.45) is 0. The summed E-state index contributed by atoms with van der Waals surface area (Å²) in [5, 5.41) is 7.79. The number of benzene rings is 1. The highest BCUT2D eigenvalue weighted by molar-refractivity contribution is 7.11. The van der Waals surface area contributed by atoms with Crippen molar-refractivity contribution in [3.05, 3.63) is 45.4 Å². The van der Waals surface area contributed by atoms with Gasteiger partial charge in [0.1, 0.15) is 12.4 Å². The first kappa shape index (κ1) is 21.2. The summed E-state index contributed by atoms with van der Waals surface area (Å²) >= 11 is 1.72. The molecule has 0 atom stereocenters. The molecule has 1 aromatic carbocycles. The SMILES string of the molecule is CCNC(=NCc1cccc(OCCN(C)C)c1)NCc1sc(C)nc1C. The lowest BCUT2D eigenvalue weighted by molar-refractivity contribution is 0.261. The van der Waals surface area contributed by atoms with Crippen molar-refractivity contribution in [3.8, 4) is 5.75 Å². The molecule has 27 heavy (non-hydrogen) atoms. The van der Waals surface area contributed by atoms with Crippen molar-refractivity contribution in [1.82, 2.24) is 20.5 Å². The molecule has 0 saturated heterocycles. The first-order valence-electron chi connectivity index (χ1n) is 9.29. The van der Waals surface area contributed by atoms with Crippen molar-refractivity contribution in [3.63, 3.8) is 0 Å². The van der Waals surface area contributed by atoms with Crippen molar-refractivity contribution in [2.24, 2.45) is 4.99 Å². The van der Waals surface area contributed by atoms with Gasteiger partial charge in [0, 0.05) is 18.0 Å². The lowest BCUT2D eigenvalue weighted by atomic mass is 10.2. The third kappa shape index (κ3) is 7.56. The molecular formula is C20H31N5OS. The molecule has 2 N–H and O–H groups in total. The Bertz CT molecular complexity index is 742. The summed E-state index contributed by atoms with van der Waals surface area (Å²) in [5.74, 6) is 1.69. The molecular weight excluding hydrogens is 358 g/mol. The summed E-state index contributed by atoms with van der Waals surface area (Å²) in [6.45, 7) is 9.88. The number of nitrogens with one attached hydrogen (secondary N) is 2. The quantitative estimate of drug-likeness (QED) is 0.510. The summed E-state index contributed by atoms with van der Waals surface area (Å²) in [5.41, 5.74) is 2.21. The zero-order valence-corrected chi connectivity index (χ0v) is 17.8. The average molecular weight is 390 g/mol. The van der Waals surface area contributed by atoms with Crippen molar-refractivity contribution in [2.75, 3.05) is 33.8 Å². The van der Waals surface area contributed by atoms with E-state index >= 15 is 0 Å². The molecule has 148 valence electrons. The molecule has 1 aromatic heterocycles. The highest BCUT2D eigenvalue weighted by Gasteiger charge is 2.06. The number of nitrogens with zero attached hydrogens (tertiary/aromatic N) is 3. The van der Waals surface area contributed by atoms with Crippen molar-refractivity contribution in [1.29, 1.82) is 0 Å². The van der Waals surface area contributed by atoms with Crippen LogP contribution >= 0.6 is 11.3 Å².